The number of carbonyl (C=O) groups is 3. The third kappa shape index (κ3) is 6.79. The highest BCUT2D eigenvalue weighted by Crippen LogP contribution is 2.32. The average molecular weight is 507 g/mol. The number of aliphatic carboxylic acids is 1. The molecule has 0 aliphatic heterocycles. The van der Waals surface area contributed by atoms with Gasteiger partial charge in [-0.25, -0.2) is 0 Å². The summed E-state index contributed by atoms with van der Waals surface area (Å²) < 4.78 is 0. The van der Waals surface area contributed by atoms with Crippen molar-refractivity contribution in [2.24, 2.45) is 0 Å². The van der Waals surface area contributed by atoms with Crippen LogP contribution in [0.4, 0.5) is 0 Å². The second-order valence-electron chi connectivity index (χ2n) is 9.24. The number of carboxylic acid groups (broad SMARTS) is 1. The van der Waals surface area contributed by atoms with Gasteiger partial charge in [0.1, 0.15) is 6.29 Å². The standard InChI is InChI=1S/C32H30N2O4/c1-22-20-27(16-18-33-22)30(29-5-3-2-4-28(29)21-35)15-8-23-6-9-24(10-7-23)25-11-13-26(14-12-25)32(38)34-19-17-31(36)37/h2-7,9-14,16,18,20-21,30H,8,15,17,19H2,1H3,(H,34,38)(H,36,37). The molecule has 4 rings (SSSR count). The van der Waals surface area contributed by atoms with Crippen LogP contribution in [0.15, 0.2) is 91.1 Å². The Hall–Kier alpha value is -4.58. The Balaban J connectivity index is 1.45. The molecule has 1 amide bonds. The topological polar surface area (TPSA) is 96.4 Å². The van der Waals surface area contributed by atoms with Gasteiger partial charge in [-0.15, -0.1) is 0 Å². The molecule has 1 aromatic heterocycles. The number of rotatable bonds is 11. The van der Waals surface area contributed by atoms with Crippen LogP contribution >= 0.6 is 0 Å². The maximum absolute atomic E-state index is 12.2. The number of carbonyl (C=O) groups excluding carboxylic acids is 2. The van der Waals surface area contributed by atoms with Gasteiger partial charge in [0, 0.05) is 35.5 Å². The molecule has 0 saturated carbocycles. The zero-order valence-corrected chi connectivity index (χ0v) is 21.3. The minimum absolute atomic E-state index is 0.0759. The summed E-state index contributed by atoms with van der Waals surface area (Å²) in [6.45, 7) is 2.07. The maximum atomic E-state index is 12.2. The summed E-state index contributed by atoms with van der Waals surface area (Å²) in [6, 6.07) is 27.5. The van der Waals surface area contributed by atoms with Gasteiger partial charge < -0.3 is 10.4 Å². The average Bonchev–Trinajstić information content (AvgIpc) is 2.93. The van der Waals surface area contributed by atoms with Crippen LogP contribution < -0.4 is 5.32 Å². The van der Waals surface area contributed by atoms with Crippen LogP contribution in [0.25, 0.3) is 11.1 Å². The van der Waals surface area contributed by atoms with Crippen LogP contribution in [-0.2, 0) is 11.2 Å². The minimum Gasteiger partial charge on any atom is -0.481 e. The molecule has 0 aliphatic carbocycles. The van der Waals surface area contributed by atoms with E-state index < -0.39 is 5.97 Å². The molecule has 6 nitrogen and oxygen atoms in total. The smallest absolute Gasteiger partial charge is 0.305 e. The van der Waals surface area contributed by atoms with E-state index in [0.717, 1.165) is 47.1 Å². The van der Waals surface area contributed by atoms with Crippen molar-refractivity contribution in [3.63, 3.8) is 0 Å². The predicted octanol–water partition coefficient (Wildman–Crippen LogP) is 5.84. The molecule has 1 unspecified atom stereocenters. The number of nitrogens with zero attached hydrogens (tertiary/aromatic N) is 1. The number of benzene rings is 3. The van der Waals surface area contributed by atoms with E-state index in [2.05, 4.69) is 40.6 Å². The van der Waals surface area contributed by atoms with E-state index in [4.69, 9.17) is 5.11 Å². The first-order chi connectivity index (χ1) is 18.4. The number of carboxylic acids is 1. The van der Waals surface area contributed by atoms with E-state index in [9.17, 15) is 14.4 Å². The van der Waals surface area contributed by atoms with Gasteiger partial charge in [0.25, 0.3) is 5.91 Å². The SMILES string of the molecule is Cc1cc(C(CCc2ccc(-c3ccc(C(=O)NCCC(=O)O)cc3)cc2)c2ccccc2C=O)ccn1. The Bertz CT molecular complexity index is 1410. The number of aldehydes is 1. The van der Waals surface area contributed by atoms with E-state index in [-0.39, 0.29) is 24.8 Å². The Labute approximate surface area is 222 Å². The van der Waals surface area contributed by atoms with Crippen molar-refractivity contribution in [1.29, 1.82) is 0 Å². The molecule has 2 N–H and O–H groups in total. The van der Waals surface area contributed by atoms with Crippen LogP contribution in [0.5, 0.6) is 0 Å². The highest BCUT2D eigenvalue weighted by Gasteiger charge is 2.18. The van der Waals surface area contributed by atoms with Crippen LogP contribution in [0.1, 0.15) is 61.9 Å². The lowest BCUT2D eigenvalue weighted by Gasteiger charge is -2.20. The van der Waals surface area contributed by atoms with Gasteiger partial charge in [0.05, 0.1) is 6.42 Å². The van der Waals surface area contributed by atoms with E-state index in [0.29, 0.717) is 11.1 Å². The lowest BCUT2D eigenvalue weighted by molar-refractivity contribution is -0.136. The summed E-state index contributed by atoms with van der Waals surface area (Å²) in [5, 5.41) is 11.3. The quantitative estimate of drug-likeness (QED) is 0.249. The summed E-state index contributed by atoms with van der Waals surface area (Å²) in [4.78, 5) is 38.9. The largest absolute Gasteiger partial charge is 0.481 e. The van der Waals surface area contributed by atoms with E-state index in [1.54, 1.807) is 12.1 Å². The molecule has 0 bridgehead atoms. The van der Waals surface area contributed by atoms with Gasteiger partial charge in [-0.3, -0.25) is 19.4 Å². The third-order valence-corrected chi connectivity index (χ3v) is 6.60. The van der Waals surface area contributed by atoms with Crippen molar-refractivity contribution in [3.8, 4) is 11.1 Å². The highest BCUT2D eigenvalue weighted by atomic mass is 16.4. The molecule has 0 saturated heterocycles. The molecule has 4 aromatic rings. The van der Waals surface area contributed by atoms with Crippen LogP contribution in [0, 0.1) is 6.92 Å². The number of hydrogen-bond donors (Lipinski definition) is 2. The zero-order valence-electron chi connectivity index (χ0n) is 21.3. The van der Waals surface area contributed by atoms with Gasteiger partial charge >= 0.3 is 5.97 Å². The Kier molecular flexibility index (Phi) is 8.77. The number of hydrogen-bond acceptors (Lipinski definition) is 4. The molecule has 0 aliphatic rings. The van der Waals surface area contributed by atoms with Crippen LogP contribution in [-0.4, -0.2) is 34.8 Å². The van der Waals surface area contributed by atoms with Crippen LogP contribution in [0.2, 0.25) is 0 Å². The summed E-state index contributed by atoms with van der Waals surface area (Å²) in [7, 11) is 0. The normalized spacial score (nSPS) is 11.5. The fourth-order valence-corrected chi connectivity index (χ4v) is 4.60. The first kappa shape index (κ1) is 26.5. The molecule has 6 heteroatoms. The summed E-state index contributed by atoms with van der Waals surface area (Å²) in [5.74, 6) is -1.16. The van der Waals surface area contributed by atoms with Crippen LogP contribution in [0.3, 0.4) is 0 Å². The number of nitrogens with one attached hydrogen (secondary N) is 1. The van der Waals surface area contributed by atoms with Crippen molar-refractivity contribution in [2.75, 3.05) is 6.54 Å². The Morgan fingerprint density at radius 1 is 0.947 bits per heavy atom. The van der Waals surface area contributed by atoms with E-state index >= 15 is 0 Å². The second-order valence-corrected chi connectivity index (χ2v) is 9.24. The Morgan fingerprint density at radius 2 is 1.63 bits per heavy atom. The van der Waals surface area contributed by atoms with Crippen molar-refractivity contribution >= 4 is 18.2 Å². The Morgan fingerprint density at radius 3 is 2.29 bits per heavy atom. The molecular weight excluding hydrogens is 476 g/mol. The summed E-state index contributed by atoms with van der Waals surface area (Å²) in [5.41, 5.74) is 7.55. The van der Waals surface area contributed by atoms with Crippen molar-refractivity contribution in [3.05, 3.63) is 125 Å². The lowest BCUT2D eigenvalue weighted by Crippen LogP contribution is -2.25. The van der Waals surface area contributed by atoms with Gasteiger partial charge in [0.2, 0.25) is 0 Å². The molecule has 3 aromatic carbocycles. The minimum atomic E-state index is -0.946. The predicted molar refractivity (Wildman–Crippen MR) is 147 cm³/mol. The summed E-state index contributed by atoms with van der Waals surface area (Å²) >= 11 is 0. The number of aromatic nitrogens is 1. The van der Waals surface area contributed by atoms with Crippen molar-refractivity contribution in [1.82, 2.24) is 10.3 Å². The molecule has 192 valence electrons. The third-order valence-electron chi connectivity index (χ3n) is 6.60. The maximum Gasteiger partial charge on any atom is 0.305 e. The zero-order chi connectivity index (χ0) is 26.9. The molecule has 38 heavy (non-hydrogen) atoms. The number of amides is 1. The fourth-order valence-electron chi connectivity index (χ4n) is 4.60. The molecule has 0 fully saturated rings. The first-order valence-corrected chi connectivity index (χ1v) is 12.6. The first-order valence-electron chi connectivity index (χ1n) is 12.6. The molecule has 0 spiro atoms. The van der Waals surface area contributed by atoms with Crippen molar-refractivity contribution < 1.29 is 19.5 Å². The monoisotopic (exact) mass is 506 g/mol. The van der Waals surface area contributed by atoms with E-state index in [1.807, 2.05) is 55.6 Å². The van der Waals surface area contributed by atoms with Gasteiger partial charge in [0.15, 0.2) is 0 Å². The van der Waals surface area contributed by atoms with Gasteiger partial charge in [-0.2, -0.15) is 0 Å². The highest BCUT2D eigenvalue weighted by molar-refractivity contribution is 5.94. The van der Waals surface area contributed by atoms with Gasteiger partial charge in [-0.05, 0) is 71.8 Å². The van der Waals surface area contributed by atoms with Crippen molar-refractivity contribution in [2.45, 2.75) is 32.1 Å². The molecule has 1 heterocycles. The van der Waals surface area contributed by atoms with Gasteiger partial charge in [-0.1, -0.05) is 60.7 Å². The fraction of sp³-hybridized carbons (Fsp3) is 0.188. The molecule has 1 atom stereocenters. The number of aryl methyl sites for hydroxylation is 2. The summed E-state index contributed by atoms with van der Waals surface area (Å²) in [6.07, 6.45) is 4.33. The number of pyridine rings is 1. The molecular formula is C32H30N2O4. The van der Waals surface area contributed by atoms with E-state index in [1.165, 1.54) is 5.56 Å². The molecule has 0 radical (unpaired) electrons. The lowest BCUT2D eigenvalue weighted by atomic mass is 9.84. The second kappa shape index (κ2) is 12.6.